The fourth-order valence-electron chi connectivity index (χ4n) is 2.93. The van der Waals surface area contributed by atoms with Crippen LogP contribution < -0.4 is 15.8 Å². The molecule has 2 unspecified atom stereocenters. The van der Waals surface area contributed by atoms with Gasteiger partial charge in [0.25, 0.3) is 0 Å². The lowest BCUT2D eigenvalue weighted by Gasteiger charge is -2.27. The van der Waals surface area contributed by atoms with Crippen molar-refractivity contribution < 1.29 is 4.74 Å². The minimum atomic E-state index is 0. The van der Waals surface area contributed by atoms with Gasteiger partial charge in [-0.25, -0.2) is 0 Å². The highest BCUT2D eigenvalue weighted by Gasteiger charge is 2.29. The van der Waals surface area contributed by atoms with Crippen molar-refractivity contribution in [2.24, 2.45) is 10.7 Å². The molecule has 22 heavy (non-hydrogen) atoms. The minimum absolute atomic E-state index is 0. The number of hydrogen-bond donors (Lipinski definition) is 2. The normalized spacial score (nSPS) is 27.5. The highest BCUT2D eigenvalue weighted by molar-refractivity contribution is 14.0. The Hall–Kier alpha value is -0.630. The van der Waals surface area contributed by atoms with Crippen LogP contribution in [0.2, 0.25) is 0 Å². The molecule has 2 atom stereocenters. The number of nitrogens with two attached hydrogens (primary N) is 1. The summed E-state index contributed by atoms with van der Waals surface area (Å²) in [7, 11) is 0. The first-order chi connectivity index (χ1) is 10.2. The number of benzene rings is 1. The lowest BCUT2D eigenvalue weighted by atomic mass is 10.0. The first-order valence-corrected chi connectivity index (χ1v) is 8.57. The number of nitrogens with zero attached hydrogens (tertiary/aromatic N) is 1. The summed E-state index contributed by atoms with van der Waals surface area (Å²) in [5.74, 6) is 2.74. The van der Waals surface area contributed by atoms with Crippen molar-refractivity contribution in [1.82, 2.24) is 5.32 Å². The summed E-state index contributed by atoms with van der Waals surface area (Å²) in [6.07, 6.45) is 3.44. The van der Waals surface area contributed by atoms with Gasteiger partial charge in [-0.3, -0.25) is 4.99 Å². The molecule has 4 nitrogen and oxygen atoms in total. The number of aliphatic imine (C=N–C) groups is 1. The first-order valence-electron chi connectivity index (χ1n) is 7.58. The van der Waals surface area contributed by atoms with E-state index >= 15 is 0 Å². The maximum absolute atomic E-state index is 6.09. The average Bonchev–Trinajstić information content (AvgIpc) is 2.93. The van der Waals surface area contributed by atoms with E-state index in [9.17, 15) is 0 Å². The zero-order chi connectivity index (χ0) is 14.7. The molecule has 1 aromatic carbocycles. The van der Waals surface area contributed by atoms with Crippen molar-refractivity contribution in [3.8, 4) is 5.75 Å². The summed E-state index contributed by atoms with van der Waals surface area (Å²) < 4.78 is 5.93. The molecule has 2 aliphatic rings. The Morgan fingerprint density at radius 1 is 1.50 bits per heavy atom. The Bertz CT molecular complexity index is 532. The number of para-hydroxylation sites is 1. The fourth-order valence-corrected chi connectivity index (χ4v) is 4.16. The van der Waals surface area contributed by atoms with Gasteiger partial charge in [-0.15, -0.1) is 24.0 Å². The molecule has 6 heteroatoms. The quantitative estimate of drug-likeness (QED) is 0.436. The van der Waals surface area contributed by atoms with Gasteiger partial charge >= 0.3 is 0 Å². The van der Waals surface area contributed by atoms with Crippen LogP contribution in [0, 0.1) is 0 Å². The van der Waals surface area contributed by atoms with Gasteiger partial charge in [-0.05, 0) is 31.6 Å². The second-order valence-electron chi connectivity index (χ2n) is 5.98. The molecule has 3 rings (SSSR count). The summed E-state index contributed by atoms with van der Waals surface area (Å²) in [6, 6.07) is 8.32. The van der Waals surface area contributed by atoms with Crippen LogP contribution in [-0.4, -0.2) is 29.6 Å². The summed E-state index contributed by atoms with van der Waals surface area (Å²) >= 11 is 2.01. The highest BCUT2D eigenvalue weighted by Crippen LogP contribution is 2.37. The van der Waals surface area contributed by atoms with E-state index < -0.39 is 0 Å². The van der Waals surface area contributed by atoms with E-state index in [2.05, 4.69) is 23.3 Å². The van der Waals surface area contributed by atoms with Crippen molar-refractivity contribution in [3.05, 3.63) is 29.8 Å². The summed E-state index contributed by atoms with van der Waals surface area (Å²) in [6.45, 7) is 3.79. The van der Waals surface area contributed by atoms with Crippen molar-refractivity contribution in [2.45, 2.75) is 37.0 Å². The molecule has 0 aliphatic carbocycles. The number of rotatable bonds is 3. The largest absolute Gasteiger partial charge is 0.493 e. The monoisotopic (exact) mass is 433 g/mol. The van der Waals surface area contributed by atoms with Gasteiger partial charge in [-0.2, -0.15) is 11.8 Å². The van der Waals surface area contributed by atoms with Gasteiger partial charge < -0.3 is 15.8 Å². The molecule has 0 amide bonds. The number of fused-ring (bicyclic) bond motifs is 1. The number of nitrogens with one attached hydrogen (secondary N) is 1. The third-order valence-corrected chi connectivity index (χ3v) is 5.69. The molecule has 0 bridgehead atoms. The molecule has 0 radical (unpaired) electrons. The lowest BCUT2D eigenvalue weighted by molar-refractivity contribution is 0.262. The topological polar surface area (TPSA) is 59.6 Å². The molecule has 2 aliphatic heterocycles. The predicted octanol–water partition coefficient (Wildman–Crippen LogP) is 3.32. The number of halogens is 1. The fraction of sp³-hybridized carbons (Fsp3) is 0.562. The number of ether oxygens (including phenoxy) is 1. The van der Waals surface area contributed by atoms with Gasteiger partial charge in [0.05, 0.1) is 19.2 Å². The van der Waals surface area contributed by atoms with Crippen molar-refractivity contribution in [3.63, 3.8) is 0 Å². The van der Waals surface area contributed by atoms with Crippen molar-refractivity contribution in [1.29, 1.82) is 0 Å². The predicted molar refractivity (Wildman–Crippen MR) is 104 cm³/mol. The van der Waals surface area contributed by atoms with E-state index in [1.165, 1.54) is 24.2 Å². The van der Waals surface area contributed by atoms with Crippen LogP contribution in [0.15, 0.2) is 29.3 Å². The third kappa shape index (κ3) is 4.22. The number of guanidine groups is 1. The van der Waals surface area contributed by atoms with Crippen LogP contribution in [0.4, 0.5) is 0 Å². The van der Waals surface area contributed by atoms with Crippen LogP contribution in [-0.2, 0) is 0 Å². The van der Waals surface area contributed by atoms with Gasteiger partial charge in [0.2, 0.25) is 0 Å². The Balaban J connectivity index is 0.00000176. The third-order valence-electron chi connectivity index (χ3n) is 4.16. The maximum Gasteiger partial charge on any atom is 0.189 e. The molecule has 1 fully saturated rings. The molecular formula is C16H24IN3OS. The summed E-state index contributed by atoms with van der Waals surface area (Å²) in [5.41, 5.74) is 7.26. The smallest absolute Gasteiger partial charge is 0.189 e. The summed E-state index contributed by atoms with van der Waals surface area (Å²) in [4.78, 5) is 4.57. The molecule has 1 aromatic rings. The highest BCUT2D eigenvalue weighted by atomic mass is 127. The van der Waals surface area contributed by atoms with Crippen LogP contribution in [0.5, 0.6) is 5.75 Å². The Morgan fingerprint density at radius 3 is 3.09 bits per heavy atom. The van der Waals surface area contributed by atoms with Crippen molar-refractivity contribution in [2.75, 3.05) is 18.9 Å². The molecule has 0 spiro atoms. The molecule has 0 saturated carbocycles. The Kier molecular flexibility index (Phi) is 6.26. The molecule has 1 saturated heterocycles. The van der Waals surface area contributed by atoms with E-state index in [1.807, 2.05) is 30.0 Å². The van der Waals surface area contributed by atoms with E-state index in [4.69, 9.17) is 10.5 Å². The van der Waals surface area contributed by atoms with E-state index in [-0.39, 0.29) is 34.8 Å². The van der Waals surface area contributed by atoms with E-state index in [0.29, 0.717) is 5.96 Å². The SMILES string of the molecule is CC1(CN=C(N)NC2CCOc3ccccc32)CCCS1.I. The molecule has 2 heterocycles. The number of thioether (sulfide) groups is 1. The maximum atomic E-state index is 6.09. The van der Waals surface area contributed by atoms with Crippen LogP contribution in [0.25, 0.3) is 0 Å². The summed E-state index contributed by atoms with van der Waals surface area (Å²) in [5, 5.41) is 3.35. The molecule has 3 N–H and O–H groups in total. The van der Waals surface area contributed by atoms with Gasteiger partial charge in [0, 0.05) is 16.7 Å². The average molecular weight is 433 g/mol. The zero-order valence-corrected chi connectivity index (χ0v) is 16.0. The van der Waals surface area contributed by atoms with E-state index in [0.717, 1.165) is 25.3 Å². The standard InChI is InChI=1S/C16H23N3OS.HI/c1-16(8-4-10-21-16)11-18-15(17)19-13-7-9-20-14-6-3-2-5-12(13)14;/h2-3,5-6,13H,4,7-11H2,1H3,(H3,17,18,19);1H. The second-order valence-corrected chi connectivity index (χ2v) is 7.66. The van der Waals surface area contributed by atoms with Crippen LogP contribution in [0.1, 0.15) is 37.8 Å². The first kappa shape index (κ1) is 17.7. The zero-order valence-electron chi connectivity index (χ0n) is 12.9. The lowest BCUT2D eigenvalue weighted by Crippen LogP contribution is -2.38. The van der Waals surface area contributed by atoms with Crippen molar-refractivity contribution >= 4 is 41.7 Å². The van der Waals surface area contributed by atoms with Gasteiger partial charge in [0.15, 0.2) is 5.96 Å². The minimum Gasteiger partial charge on any atom is -0.493 e. The second kappa shape index (κ2) is 7.77. The van der Waals surface area contributed by atoms with Crippen LogP contribution >= 0.6 is 35.7 Å². The van der Waals surface area contributed by atoms with Gasteiger partial charge in [0.1, 0.15) is 5.75 Å². The molecule has 122 valence electrons. The Labute approximate surface area is 153 Å². The number of hydrogen-bond acceptors (Lipinski definition) is 3. The van der Waals surface area contributed by atoms with Gasteiger partial charge in [-0.1, -0.05) is 18.2 Å². The molecule has 0 aromatic heterocycles. The molecular weight excluding hydrogens is 409 g/mol. The van der Waals surface area contributed by atoms with E-state index in [1.54, 1.807) is 0 Å². The van der Waals surface area contributed by atoms with Crippen LogP contribution in [0.3, 0.4) is 0 Å². The Morgan fingerprint density at radius 2 is 2.32 bits per heavy atom.